The molecule has 0 N–H and O–H groups in total. The van der Waals surface area contributed by atoms with Crippen LogP contribution in [0.1, 0.15) is 23.6 Å². The fraction of sp³-hybridized carbons (Fsp3) is 0.0120. The smallest absolute Gasteiger partial charge is 0.160 e. The number of hydrogen-bond donors (Lipinski definition) is 0. The van der Waals surface area contributed by atoms with Crippen molar-refractivity contribution in [3.63, 3.8) is 0 Å². The molecule has 0 saturated heterocycles. The van der Waals surface area contributed by atoms with E-state index in [0.29, 0.717) is 11.5 Å². The Morgan fingerprint density at radius 2 is 0.682 bits per heavy atom. The van der Waals surface area contributed by atoms with Crippen molar-refractivity contribution in [2.75, 3.05) is 0 Å². The first-order valence-electron chi connectivity index (χ1n) is 30.0. The van der Waals surface area contributed by atoms with Crippen molar-refractivity contribution < 1.29 is 0 Å². The minimum atomic E-state index is 0.614. The molecule has 0 saturated carbocycles. The normalized spacial score (nSPS) is 12.1. The van der Waals surface area contributed by atoms with Crippen LogP contribution in [0.25, 0.3) is 133 Å². The molecule has 0 aliphatic heterocycles. The summed E-state index contributed by atoms with van der Waals surface area (Å²) >= 11 is 0. The van der Waals surface area contributed by atoms with E-state index in [2.05, 4.69) is 287 Å². The first kappa shape index (κ1) is 51.9. The number of benzene rings is 13. The molecule has 0 radical (unpaired) electrons. The van der Waals surface area contributed by atoms with Gasteiger partial charge < -0.3 is 13.7 Å². The standard InChI is InChI=1S/C83H57N5/c1-55(57-22-7-3-8-23-57)84-83(61-28-13-6-14-29-61)85-56(2)62-30-19-31-66(50-62)70-36-21-39-81-82(70)72-35-16-18-38-77(72)88(81)69-33-20-32-68(54-69)87-79-47-42-63(59-26-11-5-12-27-59)51-74(79)75-53-65(44-49-80(75)87)64-43-48-78-73(52-64)71-34-15-17-37-76(71)86(78)67-45-40-60(41-46-67)58-24-9-4-10-25-58/h3-54H,2H2,1H3. The topological polar surface area (TPSA) is 39.5 Å². The summed E-state index contributed by atoms with van der Waals surface area (Å²) in [5.74, 6) is 0.614. The third-order valence-corrected chi connectivity index (χ3v) is 17.4. The van der Waals surface area contributed by atoms with Gasteiger partial charge in [-0.1, -0.05) is 231 Å². The summed E-state index contributed by atoms with van der Waals surface area (Å²) in [5.41, 5.74) is 23.9. The van der Waals surface area contributed by atoms with Gasteiger partial charge in [0.15, 0.2) is 5.84 Å². The van der Waals surface area contributed by atoms with E-state index in [1.54, 1.807) is 0 Å². The van der Waals surface area contributed by atoms with E-state index >= 15 is 0 Å². The van der Waals surface area contributed by atoms with Crippen LogP contribution in [0.4, 0.5) is 0 Å². The number of para-hydroxylation sites is 2. The highest BCUT2D eigenvalue weighted by molar-refractivity contribution is 6.17. The lowest BCUT2D eigenvalue weighted by Crippen LogP contribution is -2.04. The maximum atomic E-state index is 5.14. The van der Waals surface area contributed by atoms with Crippen molar-refractivity contribution in [1.29, 1.82) is 0 Å². The lowest BCUT2D eigenvalue weighted by molar-refractivity contribution is 1.13. The largest absolute Gasteiger partial charge is 0.309 e. The van der Waals surface area contributed by atoms with Crippen LogP contribution in [0.5, 0.6) is 0 Å². The third-order valence-electron chi connectivity index (χ3n) is 17.4. The van der Waals surface area contributed by atoms with Gasteiger partial charge in [-0.05, 0) is 148 Å². The predicted molar refractivity (Wildman–Crippen MR) is 372 cm³/mol. The van der Waals surface area contributed by atoms with E-state index < -0.39 is 0 Å². The average Bonchev–Trinajstić information content (AvgIpc) is 1.94. The lowest BCUT2D eigenvalue weighted by Gasteiger charge is -2.13. The molecule has 414 valence electrons. The SMILES string of the molecule is C=C(N=C(N=C(C)c1ccccc1)c1ccccc1)c1cccc(-c2cccc3c2c2ccccc2n3-c2cccc(-n3c4ccc(-c5ccccc5)cc4c4cc(-c5ccc6c(c5)c5ccccc5n6-c5ccc(-c6ccccc6)cc5)ccc43)c2)c1. The van der Waals surface area contributed by atoms with Gasteiger partial charge in [0.1, 0.15) is 0 Å². The van der Waals surface area contributed by atoms with Crippen LogP contribution in [0.15, 0.2) is 332 Å². The number of fused-ring (bicyclic) bond motifs is 9. The highest BCUT2D eigenvalue weighted by Crippen LogP contribution is 2.43. The number of amidine groups is 1. The molecule has 5 heteroatoms. The predicted octanol–water partition coefficient (Wildman–Crippen LogP) is 21.6. The van der Waals surface area contributed by atoms with E-state index in [4.69, 9.17) is 9.98 Å². The van der Waals surface area contributed by atoms with Gasteiger partial charge in [0.2, 0.25) is 0 Å². The molecule has 0 bridgehead atoms. The Hall–Kier alpha value is -11.7. The Bertz CT molecular complexity index is 5430. The van der Waals surface area contributed by atoms with E-state index in [-0.39, 0.29) is 0 Å². The van der Waals surface area contributed by atoms with Gasteiger partial charge in [0.05, 0.1) is 38.8 Å². The van der Waals surface area contributed by atoms with E-state index in [1.165, 1.54) is 76.7 Å². The second-order valence-corrected chi connectivity index (χ2v) is 22.6. The molecule has 0 unspecified atom stereocenters. The maximum Gasteiger partial charge on any atom is 0.160 e. The monoisotopic (exact) mass is 1120 g/mol. The molecule has 0 spiro atoms. The Morgan fingerprint density at radius 3 is 1.31 bits per heavy atom. The van der Waals surface area contributed by atoms with Gasteiger partial charge in [-0.15, -0.1) is 0 Å². The maximum absolute atomic E-state index is 5.14. The number of aromatic nitrogens is 3. The molecule has 0 amide bonds. The van der Waals surface area contributed by atoms with Crippen molar-refractivity contribution in [2.45, 2.75) is 6.92 Å². The quantitative estimate of drug-likeness (QED) is 0.0915. The molecule has 0 aliphatic carbocycles. The van der Waals surface area contributed by atoms with Crippen LogP contribution in [-0.4, -0.2) is 25.2 Å². The van der Waals surface area contributed by atoms with E-state index in [0.717, 1.165) is 72.7 Å². The van der Waals surface area contributed by atoms with Crippen LogP contribution in [-0.2, 0) is 0 Å². The molecule has 0 fully saturated rings. The Labute approximate surface area is 510 Å². The third kappa shape index (κ3) is 9.12. The summed E-state index contributed by atoms with van der Waals surface area (Å²) in [5, 5.41) is 7.20. The zero-order valence-corrected chi connectivity index (χ0v) is 48.5. The van der Waals surface area contributed by atoms with Crippen LogP contribution in [0, 0.1) is 0 Å². The first-order valence-corrected chi connectivity index (χ1v) is 30.0. The number of aliphatic imine (C=N–C) groups is 2. The molecule has 3 heterocycles. The molecule has 16 aromatic rings. The summed E-state index contributed by atoms with van der Waals surface area (Å²) in [4.78, 5) is 10.2. The average molecular weight is 1120 g/mol. The highest BCUT2D eigenvalue weighted by Gasteiger charge is 2.21. The molecule has 3 aromatic heterocycles. The van der Waals surface area contributed by atoms with Gasteiger partial charge in [-0.2, -0.15) is 0 Å². The fourth-order valence-electron chi connectivity index (χ4n) is 13.2. The highest BCUT2D eigenvalue weighted by atomic mass is 15.0. The summed E-state index contributed by atoms with van der Waals surface area (Å²) < 4.78 is 7.28. The molecule has 13 aromatic carbocycles. The van der Waals surface area contributed by atoms with Gasteiger partial charge in [0.25, 0.3) is 0 Å². The van der Waals surface area contributed by atoms with Crippen LogP contribution in [0.2, 0.25) is 0 Å². The van der Waals surface area contributed by atoms with Crippen molar-refractivity contribution >= 4 is 82.7 Å². The van der Waals surface area contributed by atoms with Crippen molar-refractivity contribution in [2.24, 2.45) is 9.98 Å². The minimum absolute atomic E-state index is 0.614. The van der Waals surface area contributed by atoms with Gasteiger partial charge in [0, 0.05) is 66.2 Å². The molecule has 5 nitrogen and oxygen atoms in total. The number of nitrogens with zero attached hydrogens (tertiary/aromatic N) is 5. The van der Waals surface area contributed by atoms with Gasteiger partial charge >= 0.3 is 0 Å². The molecule has 16 rings (SSSR count). The van der Waals surface area contributed by atoms with Crippen molar-refractivity contribution in [3.8, 4) is 61.6 Å². The zero-order chi connectivity index (χ0) is 58.7. The molecular formula is C83H57N5. The lowest BCUT2D eigenvalue weighted by atomic mass is 9.97. The second kappa shape index (κ2) is 21.8. The van der Waals surface area contributed by atoms with Gasteiger partial charge in [-0.25, -0.2) is 9.98 Å². The summed E-state index contributed by atoms with van der Waals surface area (Å²) in [6.45, 7) is 6.57. The van der Waals surface area contributed by atoms with Crippen molar-refractivity contribution in [1.82, 2.24) is 13.7 Å². The summed E-state index contributed by atoms with van der Waals surface area (Å²) in [6.07, 6.45) is 0. The van der Waals surface area contributed by atoms with Crippen LogP contribution < -0.4 is 0 Å². The number of hydrogen-bond acceptors (Lipinski definition) is 1. The van der Waals surface area contributed by atoms with Crippen LogP contribution >= 0.6 is 0 Å². The molecule has 0 atom stereocenters. The summed E-state index contributed by atoms with van der Waals surface area (Å²) in [6, 6.07) is 114. The fourth-order valence-corrected chi connectivity index (χ4v) is 13.2. The summed E-state index contributed by atoms with van der Waals surface area (Å²) in [7, 11) is 0. The second-order valence-electron chi connectivity index (χ2n) is 22.6. The molecule has 0 aliphatic rings. The Kier molecular flexibility index (Phi) is 12.8. The van der Waals surface area contributed by atoms with E-state index in [9.17, 15) is 0 Å². The molecular weight excluding hydrogens is 1070 g/mol. The Morgan fingerprint density at radius 1 is 0.273 bits per heavy atom. The van der Waals surface area contributed by atoms with Crippen LogP contribution in [0.3, 0.4) is 0 Å². The number of rotatable bonds is 11. The minimum Gasteiger partial charge on any atom is -0.309 e. The van der Waals surface area contributed by atoms with Gasteiger partial charge in [-0.3, -0.25) is 0 Å². The van der Waals surface area contributed by atoms with Crippen molar-refractivity contribution in [3.05, 3.63) is 339 Å². The molecule has 88 heavy (non-hydrogen) atoms. The zero-order valence-electron chi connectivity index (χ0n) is 48.5. The van der Waals surface area contributed by atoms with E-state index in [1.807, 2.05) is 55.5 Å². The first-order chi connectivity index (χ1) is 43.5. The Balaban J connectivity index is 0.798.